The first-order valence-corrected chi connectivity index (χ1v) is 10.3. The number of amides is 1. The van der Waals surface area contributed by atoms with Crippen molar-refractivity contribution in [2.24, 2.45) is 0 Å². The molecule has 3 rings (SSSR count). The summed E-state index contributed by atoms with van der Waals surface area (Å²) in [6.07, 6.45) is 4.51. The summed E-state index contributed by atoms with van der Waals surface area (Å²) in [5.41, 5.74) is 0.790. The Bertz CT molecular complexity index is 911. The third-order valence-corrected chi connectivity index (χ3v) is 6.20. The third-order valence-electron chi connectivity index (χ3n) is 3.37. The van der Waals surface area contributed by atoms with Gasteiger partial charge in [-0.2, -0.15) is 0 Å². The number of aryl methyl sites for hydroxylation is 1. The van der Waals surface area contributed by atoms with Gasteiger partial charge in [-0.05, 0) is 17.7 Å². The van der Waals surface area contributed by atoms with E-state index in [4.69, 9.17) is 27.6 Å². The molecule has 2 heterocycles. The SMILES string of the molecule is CCc1cnc(CSc2cnc(NC(=O)Cc3ccc(Cl)c(Cl)c3)s2)o1. The monoisotopic (exact) mass is 427 g/mol. The topological polar surface area (TPSA) is 68.0 Å². The van der Waals surface area contributed by atoms with E-state index in [1.165, 1.54) is 11.3 Å². The van der Waals surface area contributed by atoms with Crippen molar-refractivity contribution in [2.45, 2.75) is 29.7 Å². The molecule has 0 unspecified atom stereocenters. The number of nitrogens with zero attached hydrogens (tertiary/aromatic N) is 2. The lowest BCUT2D eigenvalue weighted by Gasteiger charge is -2.03. The second kappa shape index (κ2) is 8.90. The number of halogens is 2. The molecule has 0 spiro atoms. The smallest absolute Gasteiger partial charge is 0.230 e. The van der Waals surface area contributed by atoms with Crippen LogP contribution >= 0.6 is 46.3 Å². The van der Waals surface area contributed by atoms with E-state index in [0.29, 0.717) is 26.8 Å². The van der Waals surface area contributed by atoms with E-state index >= 15 is 0 Å². The van der Waals surface area contributed by atoms with Crippen LogP contribution < -0.4 is 5.32 Å². The first-order chi connectivity index (χ1) is 12.5. The number of rotatable bonds is 7. The molecule has 1 N–H and O–H groups in total. The van der Waals surface area contributed by atoms with Gasteiger partial charge in [-0.3, -0.25) is 4.79 Å². The van der Waals surface area contributed by atoms with E-state index in [-0.39, 0.29) is 12.3 Å². The number of oxazole rings is 1. The molecule has 0 radical (unpaired) electrons. The fraction of sp³-hybridized carbons (Fsp3) is 0.235. The number of carbonyl (C=O) groups is 1. The molecule has 136 valence electrons. The molecule has 26 heavy (non-hydrogen) atoms. The summed E-state index contributed by atoms with van der Waals surface area (Å²) in [6, 6.07) is 5.14. The van der Waals surface area contributed by atoms with E-state index < -0.39 is 0 Å². The largest absolute Gasteiger partial charge is 0.445 e. The van der Waals surface area contributed by atoms with Gasteiger partial charge >= 0.3 is 0 Å². The van der Waals surface area contributed by atoms with Gasteiger partial charge < -0.3 is 9.73 Å². The number of nitrogens with one attached hydrogen (secondary N) is 1. The highest BCUT2D eigenvalue weighted by Gasteiger charge is 2.10. The Morgan fingerprint density at radius 3 is 2.85 bits per heavy atom. The first kappa shape index (κ1) is 19.2. The van der Waals surface area contributed by atoms with E-state index in [0.717, 1.165) is 22.0 Å². The minimum atomic E-state index is -0.158. The first-order valence-electron chi connectivity index (χ1n) is 7.79. The Morgan fingerprint density at radius 1 is 1.27 bits per heavy atom. The van der Waals surface area contributed by atoms with Gasteiger partial charge in [0, 0.05) is 6.42 Å². The molecule has 0 aliphatic carbocycles. The van der Waals surface area contributed by atoms with Gasteiger partial charge in [-0.1, -0.05) is 47.5 Å². The molecule has 0 atom stereocenters. The van der Waals surface area contributed by atoms with Gasteiger partial charge in [0.05, 0.1) is 38.8 Å². The number of anilines is 1. The number of hydrogen-bond acceptors (Lipinski definition) is 6. The molecule has 0 fully saturated rings. The van der Waals surface area contributed by atoms with Crippen molar-refractivity contribution in [1.82, 2.24) is 9.97 Å². The number of thioether (sulfide) groups is 1. The maximum atomic E-state index is 12.2. The fourth-order valence-corrected chi connectivity index (χ4v) is 4.16. The Morgan fingerprint density at radius 2 is 2.12 bits per heavy atom. The van der Waals surface area contributed by atoms with Crippen molar-refractivity contribution in [3.05, 3.63) is 57.9 Å². The van der Waals surface area contributed by atoms with Gasteiger partial charge in [-0.15, -0.1) is 11.8 Å². The van der Waals surface area contributed by atoms with Crippen molar-refractivity contribution in [2.75, 3.05) is 5.32 Å². The summed E-state index contributed by atoms with van der Waals surface area (Å²) in [7, 11) is 0. The van der Waals surface area contributed by atoms with Gasteiger partial charge in [0.2, 0.25) is 11.8 Å². The number of thiazole rings is 1. The van der Waals surface area contributed by atoms with Crippen LogP contribution in [-0.4, -0.2) is 15.9 Å². The van der Waals surface area contributed by atoms with E-state index in [9.17, 15) is 4.79 Å². The second-order valence-corrected chi connectivity index (χ2v) is 8.44. The molecule has 5 nitrogen and oxygen atoms in total. The Hall–Kier alpha value is -1.54. The van der Waals surface area contributed by atoms with Crippen LogP contribution in [0.15, 0.2) is 39.2 Å². The molecule has 0 saturated carbocycles. The minimum absolute atomic E-state index is 0.158. The molecule has 0 aliphatic rings. The van der Waals surface area contributed by atoms with Gasteiger partial charge in [0.1, 0.15) is 5.76 Å². The maximum absolute atomic E-state index is 12.2. The summed E-state index contributed by atoms with van der Waals surface area (Å²) in [5.74, 6) is 2.03. The molecule has 3 aromatic rings. The summed E-state index contributed by atoms with van der Waals surface area (Å²) < 4.78 is 6.55. The zero-order chi connectivity index (χ0) is 18.5. The standard InChI is InChI=1S/C17H15Cl2N3O2S2/c1-2-11-7-20-15(24-11)9-25-16-8-21-17(26-16)22-14(23)6-10-3-4-12(18)13(19)5-10/h3-5,7-8H,2,6,9H2,1H3,(H,21,22,23). The molecule has 2 aromatic heterocycles. The van der Waals surface area contributed by atoms with Crippen LogP contribution in [0.25, 0.3) is 0 Å². The lowest BCUT2D eigenvalue weighted by atomic mass is 10.1. The maximum Gasteiger partial charge on any atom is 0.230 e. The number of aromatic nitrogens is 2. The zero-order valence-electron chi connectivity index (χ0n) is 13.8. The van der Waals surface area contributed by atoms with Gasteiger partial charge in [0.15, 0.2) is 5.13 Å². The van der Waals surface area contributed by atoms with Crippen LogP contribution in [-0.2, 0) is 23.4 Å². The quantitative estimate of drug-likeness (QED) is 0.505. The van der Waals surface area contributed by atoms with E-state index in [1.54, 1.807) is 42.4 Å². The highest BCUT2D eigenvalue weighted by molar-refractivity contribution is 8.00. The van der Waals surface area contributed by atoms with Gasteiger partial charge in [-0.25, -0.2) is 9.97 Å². The predicted octanol–water partition coefficient (Wildman–Crippen LogP) is 5.47. The third kappa shape index (κ3) is 5.23. The van der Waals surface area contributed by atoms with Gasteiger partial charge in [0.25, 0.3) is 0 Å². The van der Waals surface area contributed by atoms with E-state index in [1.807, 2.05) is 6.92 Å². The number of carbonyl (C=O) groups excluding carboxylic acids is 1. The summed E-state index contributed by atoms with van der Waals surface area (Å²) in [4.78, 5) is 20.6. The number of hydrogen-bond donors (Lipinski definition) is 1. The van der Waals surface area contributed by atoms with Crippen molar-refractivity contribution in [1.29, 1.82) is 0 Å². The second-order valence-electron chi connectivity index (χ2n) is 5.32. The molecule has 9 heteroatoms. The normalized spacial score (nSPS) is 10.9. The summed E-state index contributed by atoms with van der Waals surface area (Å²) in [5, 5.41) is 4.25. The Labute approximate surface area is 169 Å². The lowest BCUT2D eigenvalue weighted by Crippen LogP contribution is -2.14. The highest BCUT2D eigenvalue weighted by atomic mass is 35.5. The molecule has 0 aliphatic heterocycles. The summed E-state index contributed by atoms with van der Waals surface area (Å²) >= 11 is 14.8. The zero-order valence-corrected chi connectivity index (χ0v) is 16.9. The van der Waals surface area contributed by atoms with E-state index in [2.05, 4.69) is 15.3 Å². The molecule has 0 bridgehead atoms. The average molecular weight is 428 g/mol. The minimum Gasteiger partial charge on any atom is -0.445 e. The number of benzene rings is 1. The van der Waals surface area contributed by atoms with Crippen LogP contribution in [0.5, 0.6) is 0 Å². The van der Waals surface area contributed by atoms with Crippen LogP contribution in [0.4, 0.5) is 5.13 Å². The fourth-order valence-electron chi connectivity index (χ4n) is 2.09. The van der Waals surface area contributed by atoms with Crippen LogP contribution in [0, 0.1) is 0 Å². The lowest BCUT2D eigenvalue weighted by molar-refractivity contribution is -0.115. The average Bonchev–Trinajstić information content (AvgIpc) is 3.25. The molecular weight excluding hydrogens is 413 g/mol. The molecule has 1 amide bonds. The van der Waals surface area contributed by atoms with Crippen LogP contribution in [0.3, 0.4) is 0 Å². The van der Waals surface area contributed by atoms with Crippen molar-refractivity contribution in [3.8, 4) is 0 Å². The molecule has 0 saturated heterocycles. The van der Waals surface area contributed by atoms with Crippen LogP contribution in [0.2, 0.25) is 10.0 Å². The molecule has 1 aromatic carbocycles. The predicted molar refractivity (Wildman–Crippen MR) is 106 cm³/mol. The van der Waals surface area contributed by atoms with Crippen molar-refractivity contribution < 1.29 is 9.21 Å². The van der Waals surface area contributed by atoms with Crippen LogP contribution in [0.1, 0.15) is 24.1 Å². The van der Waals surface area contributed by atoms with Crippen molar-refractivity contribution >= 4 is 57.3 Å². The summed E-state index contributed by atoms with van der Waals surface area (Å²) in [6.45, 7) is 2.02. The highest BCUT2D eigenvalue weighted by Crippen LogP contribution is 2.30. The Balaban J connectivity index is 1.52. The van der Waals surface area contributed by atoms with Crippen molar-refractivity contribution in [3.63, 3.8) is 0 Å². The molecular formula is C17H15Cl2N3O2S2. The Kier molecular flexibility index (Phi) is 6.58.